The van der Waals surface area contributed by atoms with Gasteiger partial charge >= 0.3 is 0 Å². The minimum atomic E-state index is -3.91. The van der Waals surface area contributed by atoms with E-state index in [1.807, 2.05) is 36.4 Å². The van der Waals surface area contributed by atoms with Gasteiger partial charge in [-0.3, -0.25) is 10.2 Å². The van der Waals surface area contributed by atoms with Gasteiger partial charge in [-0.1, -0.05) is 84.0 Å². The Hall–Kier alpha value is -4.80. The summed E-state index contributed by atoms with van der Waals surface area (Å²) in [6.07, 6.45) is 0.480. The molecular formula is C30H27N5O4S. The summed E-state index contributed by atoms with van der Waals surface area (Å²) in [6.45, 7) is 0. The highest BCUT2D eigenvalue weighted by Gasteiger charge is 2.47. The molecule has 4 aromatic rings. The predicted molar refractivity (Wildman–Crippen MR) is 154 cm³/mol. The molecule has 4 aromatic carbocycles. The van der Waals surface area contributed by atoms with Crippen molar-refractivity contribution in [2.45, 2.75) is 23.3 Å². The number of oxime groups is 1. The number of anilines is 1. The molecule has 6 N–H and O–H groups in total. The van der Waals surface area contributed by atoms with Crippen LogP contribution in [0.5, 0.6) is 0 Å². The molecule has 1 atom stereocenters. The first-order valence-electron chi connectivity index (χ1n) is 12.4. The fraction of sp³-hybridized carbons (Fsp3) is 0.100. The van der Waals surface area contributed by atoms with Gasteiger partial charge in [0.25, 0.3) is 5.91 Å². The number of amidine groups is 1. The molecular weight excluding hydrogens is 526 g/mol. The summed E-state index contributed by atoms with van der Waals surface area (Å²) in [4.78, 5) is 19.7. The van der Waals surface area contributed by atoms with E-state index in [9.17, 15) is 13.2 Å². The van der Waals surface area contributed by atoms with Crippen LogP contribution in [0, 0.1) is 5.41 Å². The van der Waals surface area contributed by atoms with E-state index in [1.54, 1.807) is 60.7 Å². The quantitative estimate of drug-likeness (QED) is 0.191. The van der Waals surface area contributed by atoms with E-state index in [-0.39, 0.29) is 29.5 Å². The third kappa shape index (κ3) is 5.63. The molecule has 0 saturated carbocycles. The van der Waals surface area contributed by atoms with Gasteiger partial charge in [0, 0.05) is 35.2 Å². The van der Waals surface area contributed by atoms with Crippen LogP contribution in [-0.4, -0.2) is 31.5 Å². The molecule has 1 aliphatic rings. The monoisotopic (exact) mass is 553 g/mol. The normalized spacial score (nSPS) is 16.6. The number of rotatable bonds is 8. The molecule has 1 heterocycles. The van der Waals surface area contributed by atoms with Crippen LogP contribution in [0.15, 0.2) is 113 Å². The zero-order chi connectivity index (χ0) is 28.3. The Balaban J connectivity index is 1.41. The number of benzene rings is 4. The Kier molecular flexibility index (Phi) is 7.20. The van der Waals surface area contributed by atoms with Crippen LogP contribution in [0.3, 0.4) is 0 Å². The van der Waals surface area contributed by atoms with Gasteiger partial charge in [-0.25, -0.2) is 13.6 Å². The van der Waals surface area contributed by atoms with Crippen LogP contribution in [0.2, 0.25) is 0 Å². The molecule has 1 unspecified atom stereocenters. The third-order valence-electron chi connectivity index (χ3n) is 6.68. The minimum Gasteiger partial charge on any atom is -0.384 e. The van der Waals surface area contributed by atoms with Gasteiger partial charge in [-0.05, 0) is 35.4 Å². The van der Waals surface area contributed by atoms with E-state index >= 15 is 0 Å². The fourth-order valence-electron chi connectivity index (χ4n) is 4.65. The topological polar surface area (TPSA) is 161 Å². The summed E-state index contributed by atoms with van der Waals surface area (Å²) in [5.41, 5.74) is 8.69. The van der Waals surface area contributed by atoms with Crippen LogP contribution in [-0.2, 0) is 26.1 Å². The number of primary sulfonamides is 1. The first-order chi connectivity index (χ1) is 19.1. The lowest BCUT2D eigenvalue weighted by molar-refractivity contribution is -0.138. The molecule has 0 fully saturated rings. The zero-order valence-corrected chi connectivity index (χ0v) is 22.2. The molecule has 0 aliphatic carbocycles. The number of hydrogen-bond donors (Lipinski definition) is 4. The number of nitrogen functional groups attached to an aromatic ring is 1. The number of carbonyl (C=O) groups excluding carboxylic acids is 1. The lowest BCUT2D eigenvalue weighted by Crippen LogP contribution is -2.45. The van der Waals surface area contributed by atoms with Gasteiger partial charge < -0.3 is 15.9 Å². The smallest absolute Gasteiger partial charge is 0.272 e. The van der Waals surface area contributed by atoms with E-state index in [4.69, 9.17) is 21.1 Å². The molecule has 10 heteroatoms. The Bertz CT molecular complexity index is 1720. The van der Waals surface area contributed by atoms with E-state index in [2.05, 4.69) is 10.5 Å². The highest BCUT2D eigenvalue weighted by Crippen LogP contribution is 2.33. The zero-order valence-electron chi connectivity index (χ0n) is 21.4. The summed E-state index contributed by atoms with van der Waals surface area (Å²) < 4.78 is 24.1. The standard InChI is InChI=1S/C30H27N5O4S/c31-28(32)23-10-6-9-22(17-23)26-19-30(39-35-26,18-20-7-2-1-3-8-20)29(36)34-24-15-13-21(14-16-24)25-11-4-5-12-27(25)40(33,37)38/h1-17H,18-19H2,(H3,31,32)(H,34,36)(H2,33,37,38). The number of sulfonamides is 1. The first kappa shape index (κ1) is 26.8. The Morgan fingerprint density at radius 2 is 1.62 bits per heavy atom. The number of amides is 1. The van der Waals surface area contributed by atoms with Crippen LogP contribution < -0.4 is 16.2 Å². The van der Waals surface area contributed by atoms with Crippen LogP contribution in [0.1, 0.15) is 23.1 Å². The third-order valence-corrected chi connectivity index (χ3v) is 7.65. The predicted octanol–water partition coefficient (Wildman–Crippen LogP) is 4.03. The fourth-order valence-corrected chi connectivity index (χ4v) is 5.41. The van der Waals surface area contributed by atoms with Crippen molar-refractivity contribution in [3.8, 4) is 11.1 Å². The molecule has 0 radical (unpaired) electrons. The Morgan fingerprint density at radius 3 is 2.33 bits per heavy atom. The van der Waals surface area contributed by atoms with Gasteiger partial charge in [0.1, 0.15) is 5.84 Å². The van der Waals surface area contributed by atoms with Crippen molar-refractivity contribution in [2.24, 2.45) is 16.0 Å². The SMILES string of the molecule is N=C(N)c1cccc(C2=NOC(Cc3ccccc3)(C(=O)Nc3ccc(-c4ccccc4S(N)(=O)=O)cc3)C2)c1. The number of nitrogens with two attached hydrogens (primary N) is 2. The van der Waals surface area contributed by atoms with Crippen LogP contribution in [0.4, 0.5) is 5.69 Å². The van der Waals surface area contributed by atoms with Gasteiger partial charge in [0.05, 0.1) is 10.6 Å². The number of nitrogens with zero attached hydrogens (tertiary/aromatic N) is 1. The van der Waals surface area contributed by atoms with Crippen LogP contribution >= 0.6 is 0 Å². The summed E-state index contributed by atoms with van der Waals surface area (Å²) in [6, 6.07) is 29.9. The van der Waals surface area contributed by atoms with Gasteiger partial charge in [0.2, 0.25) is 15.6 Å². The van der Waals surface area contributed by atoms with Crippen LogP contribution in [0.25, 0.3) is 11.1 Å². The van der Waals surface area contributed by atoms with Crippen molar-refractivity contribution < 1.29 is 18.0 Å². The molecule has 9 nitrogen and oxygen atoms in total. The second-order valence-corrected chi connectivity index (χ2v) is 11.1. The van der Waals surface area contributed by atoms with Crippen molar-refractivity contribution in [1.82, 2.24) is 0 Å². The molecule has 1 aliphatic heterocycles. The van der Waals surface area contributed by atoms with E-state index in [1.165, 1.54) is 6.07 Å². The number of hydrogen-bond acceptors (Lipinski definition) is 6. The summed E-state index contributed by atoms with van der Waals surface area (Å²) in [5, 5.41) is 20.3. The maximum Gasteiger partial charge on any atom is 0.272 e. The molecule has 0 bridgehead atoms. The van der Waals surface area contributed by atoms with E-state index in [0.29, 0.717) is 33.7 Å². The van der Waals surface area contributed by atoms with Crippen molar-refractivity contribution in [1.29, 1.82) is 5.41 Å². The van der Waals surface area contributed by atoms with Gasteiger partial charge in [-0.15, -0.1) is 0 Å². The van der Waals surface area contributed by atoms with Gasteiger partial charge in [0.15, 0.2) is 0 Å². The molecule has 5 rings (SSSR count). The largest absolute Gasteiger partial charge is 0.384 e. The summed E-state index contributed by atoms with van der Waals surface area (Å²) in [5.74, 6) is -0.444. The molecule has 40 heavy (non-hydrogen) atoms. The van der Waals surface area contributed by atoms with Gasteiger partial charge in [-0.2, -0.15) is 0 Å². The minimum absolute atomic E-state index is 0.0199. The second-order valence-electron chi connectivity index (χ2n) is 9.53. The van der Waals surface area contributed by atoms with Crippen molar-refractivity contribution in [2.75, 3.05) is 5.32 Å². The van der Waals surface area contributed by atoms with E-state index < -0.39 is 15.6 Å². The molecule has 202 valence electrons. The second kappa shape index (κ2) is 10.8. The lowest BCUT2D eigenvalue weighted by Gasteiger charge is -2.26. The maximum absolute atomic E-state index is 13.8. The maximum atomic E-state index is 13.8. The Labute approximate surface area is 232 Å². The van der Waals surface area contributed by atoms with Crippen molar-refractivity contribution in [3.63, 3.8) is 0 Å². The van der Waals surface area contributed by atoms with E-state index in [0.717, 1.165) is 5.56 Å². The Morgan fingerprint density at radius 1 is 0.925 bits per heavy atom. The summed E-state index contributed by atoms with van der Waals surface area (Å²) in [7, 11) is -3.91. The number of nitrogens with one attached hydrogen (secondary N) is 2. The molecule has 1 amide bonds. The first-order valence-corrected chi connectivity index (χ1v) is 14.0. The lowest BCUT2D eigenvalue weighted by atomic mass is 9.87. The highest BCUT2D eigenvalue weighted by atomic mass is 32.2. The average Bonchev–Trinajstić information content (AvgIpc) is 3.39. The molecule has 0 saturated heterocycles. The average molecular weight is 554 g/mol. The van der Waals surface area contributed by atoms with Crippen molar-refractivity contribution in [3.05, 3.63) is 120 Å². The summed E-state index contributed by atoms with van der Waals surface area (Å²) >= 11 is 0. The highest BCUT2D eigenvalue weighted by molar-refractivity contribution is 7.89. The number of carbonyl (C=O) groups is 1. The molecule has 0 spiro atoms. The molecule has 0 aromatic heterocycles. The van der Waals surface area contributed by atoms with Crippen molar-refractivity contribution >= 4 is 33.2 Å².